The number of hydrogen-bond acceptors (Lipinski definition) is 4. The van der Waals surface area contributed by atoms with E-state index >= 15 is 0 Å². The molecular weight excluding hydrogens is 184 g/mol. The number of halogens is 1. The van der Waals surface area contributed by atoms with E-state index in [1.54, 1.807) is 0 Å². The van der Waals surface area contributed by atoms with Crippen molar-refractivity contribution < 1.29 is 9.72 Å². The minimum absolute atomic E-state index is 0. The number of carbonyl (C=O) groups excluding carboxylic acids is 1. The van der Waals surface area contributed by atoms with Gasteiger partial charge in [0.25, 0.3) is 5.69 Å². The molecule has 1 heterocycles. The van der Waals surface area contributed by atoms with Gasteiger partial charge in [-0.15, -0.1) is 12.4 Å². The van der Waals surface area contributed by atoms with E-state index in [0.29, 0.717) is 6.29 Å². The number of rotatable bonds is 2. The van der Waals surface area contributed by atoms with E-state index in [2.05, 4.69) is 4.98 Å². The summed E-state index contributed by atoms with van der Waals surface area (Å²) in [5, 5.41) is 10.2. The van der Waals surface area contributed by atoms with Gasteiger partial charge in [-0.1, -0.05) is 0 Å². The lowest BCUT2D eigenvalue weighted by Crippen LogP contribution is -1.94. The minimum atomic E-state index is -0.642. The fourth-order valence-corrected chi connectivity index (χ4v) is 0.649. The van der Waals surface area contributed by atoms with Crippen LogP contribution in [0.4, 0.5) is 5.69 Å². The molecule has 1 rings (SSSR count). The van der Waals surface area contributed by atoms with Crippen molar-refractivity contribution in [2.24, 2.45) is 0 Å². The van der Waals surface area contributed by atoms with Crippen LogP contribution in [0.5, 0.6) is 0 Å². The summed E-state index contributed by atoms with van der Waals surface area (Å²) >= 11 is 0. The number of carbonyl (C=O) groups is 1. The van der Waals surface area contributed by atoms with Crippen molar-refractivity contribution in [3.8, 4) is 0 Å². The van der Waals surface area contributed by atoms with Gasteiger partial charge in [-0.2, -0.15) is 0 Å². The highest BCUT2D eigenvalue weighted by molar-refractivity contribution is 5.85. The monoisotopic (exact) mass is 188 g/mol. The maximum absolute atomic E-state index is 10.2. The number of aromatic nitrogens is 1. The maximum Gasteiger partial charge on any atom is 0.298 e. The van der Waals surface area contributed by atoms with Crippen LogP contribution in [0.25, 0.3) is 0 Å². The second-order valence-electron chi connectivity index (χ2n) is 1.81. The first-order valence-corrected chi connectivity index (χ1v) is 2.79. The number of aldehydes is 1. The van der Waals surface area contributed by atoms with E-state index in [0.717, 1.165) is 6.20 Å². The van der Waals surface area contributed by atoms with Gasteiger partial charge in [0.15, 0.2) is 6.29 Å². The third-order valence-electron chi connectivity index (χ3n) is 1.16. The van der Waals surface area contributed by atoms with Gasteiger partial charge in [-0.25, -0.2) is 0 Å². The van der Waals surface area contributed by atoms with Gasteiger partial charge in [-0.05, 0) is 6.07 Å². The molecule has 1 aromatic rings. The zero-order valence-electron chi connectivity index (χ0n) is 5.84. The lowest BCUT2D eigenvalue weighted by Gasteiger charge is -1.91. The van der Waals surface area contributed by atoms with Crippen molar-refractivity contribution in [2.75, 3.05) is 0 Å². The second kappa shape index (κ2) is 4.40. The standard InChI is InChI=1S/C6H4N2O3.ClH/c9-4-5-1-2-7-3-6(5)8(10)11;/h1-4H;1H. The predicted octanol–water partition coefficient (Wildman–Crippen LogP) is 1.22. The molecule has 0 aliphatic heterocycles. The Bertz CT molecular complexity index is 303. The zero-order valence-corrected chi connectivity index (χ0v) is 6.65. The highest BCUT2D eigenvalue weighted by atomic mass is 35.5. The summed E-state index contributed by atoms with van der Waals surface area (Å²) in [5.41, 5.74) is -0.215. The minimum Gasteiger partial charge on any atom is -0.298 e. The lowest BCUT2D eigenvalue weighted by molar-refractivity contribution is -0.385. The summed E-state index contributed by atoms with van der Waals surface area (Å²) in [5.74, 6) is 0. The molecule has 0 N–H and O–H groups in total. The molecule has 0 saturated heterocycles. The first-order chi connectivity index (χ1) is 5.25. The van der Waals surface area contributed by atoms with Gasteiger partial charge in [0.05, 0.1) is 10.5 Å². The smallest absolute Gasteiger partial charge is 0.298 e. The molecule has 5 nitrogen and oxygen atoms in total. The fraction of sp³-hybridized carbons (Fsp3) is 0. The highest BCUT2D eigenvalue weighted by Gasteiger charge is 2.10. The first-order valence-electron chi connectivity index (χ1n) is 2.79. The van der Waals surface area contributed by atoms with E-state index in [1.807, 2.05) is 0 Å². The van der Waals surface area contributed by atoms with Gasteiger partial charge in [-0.3, -0.25) is 19.9 Å². The molecule has 0 atom stereocenters. The Labute approximate surface area is 74.0 Å². The van der Waals surface area contributed by atoms with Crippen LogP contribution in [-0.2, 0) is 0 Å². The van der Waals surface area contributed by atoms with Crippen LogP contribution in [0, 0.1) is 10.1 Å². The van der Waals surface area contributed by atoms with Crippen LogP contribution >= 0.6 is 12.4 Å². The summed E-state index contributed by atoms with van der Waals surface area (Å²) in [4.78, 5) is 23.3. The highest BCUT2D eigenvalue weighted by Crippen LogP contribution is 2.12. The Morgan fingerprint density at radius 3 is 2.67 bits per heavy atom. The molecule has 0 aliphatic carbocycles. The van der Waals surface area contributed by atoms with E-state index in [9.17, 15) is 14.9 Å². The van der Waals surface area contributed by atoms with E-state index < -0.39 is 4.92 Å². The van der Waals surface area contributed by atoms with Crippen molar-refractivity contribution in [2.45, 2.75) is 0 Å². The normalized spacial score (nSPS) is 8.33. The quantitative estimate of drug-likeness (QED) is 0.397. The molecule has 6 heteroatoms. The maximum atomic E-state index is 10.2. The van der Waals surface area contributed by atoms with Crippen molar-refractivity contribution in [3.63, 3.8) is 0 Å². The molecule has 64 valence electrons. The Balaban J connectivity index is 0.00000121. The molecule has 0 radical (unpaired) electrons. The Morgan fingerprint density at radius 2 is 2.25 bits per heavy atom. The molecule has 0 bridgehead atoms. The summed E-state index contributed by atoms with van der Waals surface area (Å²) in [6.45, 7) is 0. The van der Waals surface area contributed by atoms with Gasteiger partial charge in [0, 0.05) is 6.20 Å². The molecule has 0 aliphatic rings. The summed E-state index contributed by atoms with van der Waals surface area (Å²) in [7, 11) is 0. The van der Waals surface area contributed by atoms with Crippen molar-refractivity contribution >= 4 is 24.4 Å². The first kappa shape index (κ1) is 10.5. The largest absolute Gasteiger partial charge is 0.298 e. The molecule has 0 spiro atoms. The zero-order chi connectivity index (χ0) is 8.27. The van der Waals surface area contributed by atoms with Crippen molar-refractivity contribution in [1.82, 2.24) is 4.98 Å². The van der Waals surface area contributed by atoms with Gasteiger partial charge >= 0.3 is 0 Å². The molecule has 0 amide bonds. The average Bonchev–Trinajstić information content (AvgIpc) is 2.04. The fourth-order valence-electron chi connectivity index (χ4n) is 0.649. The predicted molar refractivity (Wildman–Crippen MR) is 43.5 cm³/mol. The summed E-state index contributed by atoms with van der Waals surface area (Å²) < 4.78 is 0. The number of pyridine rings is 1. The number of nitro groups is 1. The van der Waals surface area contributed by atoms with Gasteiger partial charge in [0.2, 0.25) is 0 Å². The van der Waals surface area contributed by atoms with Crippen molar-refractivity contribution in [3.05, 3.63) is 34.1 Å². The molecular formula is C6H5ClN2O3. The summed E-state index contributed by atoms with van der Waals surface area (Å²) in [6, 6.07) is 1.30. The van der Waals surface area contributed by atoms with Crippen LogP contribution in [0.15, 0.2) is 18.5 Å². The van der Waals surface area contributed by atoms with Crippen molar-refractivity contribution in [1.29, 1.82) is 0 Å². The van der Waals surface area contributed by atoms with E-state index in [-0.39, 0.29) is 23.7 Å². The third kappa shape index (κ3) is 2.00. The van der Waals surface area contributed by atoms with Crippen LogP contribution in [0.1, 0.15) is 10.4 Å². The van der Waals surface area contributed by atoms with E-state index in [1.165, 1.54) is 12.3 Å². The molecule has 0 unspecified atom stereocenters. The Kier molecular flexibility index (Phi) is 3.85. The van der Waals surface area contributed by atoms with Crippen LogP contribution in [0.3, 0.4) is 0 Å². The molecule has 1 aromatic heterocycles. The Morgan fingerprint density at radius 1 is 1.58 bits per heavy atom. The molecule has 0 saturated carbocycles. The molecule has 0 fully saturated rings. The van der Waals surface area contributed by atoms with Crippen LogP contribution < -0.4 is 0 Å². The third-order valence-corrected chi connectivity index (χ3v) is 1.16. The topological polar surface area (TPSA) is 73.1 Å². The van der Waals surface area contributed by atoms with Crippen LogP contribution in [-0.4, -0.2) is 16.2 Å². The van der Waals surface area contributed by atoms with Crippen LogP contribution in [0.2, 0.25) is 0 Å². The van der Waals surface area contributed by atoms with Gasteiger partial charge in [0.1, 0.15) is 6.20 Å². The summed E-state index contributed by atoms with van der Waals surface area (Å²) in [6.07, 6.45) is 2.81. The number of nitrogens with zero attached hydrogens (tertiary/aromatic N) is 2. The van der Waals surface area contributed by atoms with Gasteiger partial charge < -0.3 is 0 Å². The molecule has 12 heavy (non-hydrogen) atoms. The second-order valence-corrected chi connectivity index (χ2v) is 1.81. The molecule has 0 aromatic carbocycles. The lowest BCUT2D eigenvalue weighted by atomic mass is 10.2. The van der Waals surface area contributed by atoms with E-state index in [4.69, 9.17) is 0 Å². The number of hydrogen-bond donors (Lipinski definition) is 0. The Hall–Kier alpha value is -1.49. The SMILES string of the molecule is Cl.O=Cc1ccncc1[N+](=O)[O-]. The average molecular weight is 189 g/mol.